The van der Waals surface area contributed by atoms with Gasteiger partial charge < -0.3 is 4.57 Å². The van der Waals surface area contributed by atoms with Crippen LogP contribution in [0.15, 0.2) is 206 Å². The van der Waals surface area contributed by atoms with E-state index in [9.17, 15) is 0 Å². The first-order valence-electron chi connectivity index (χ1n) is 18.5. The molecule has 0 aliphatic heterocycles. The highest BCUT2D eigenvalue weighted by atomic mass is 15.0. The minimum Gasteiger partial charge on any atom is -0.315 e. The molecular weight excluding hydrogens is 669 g/mol. The van der Waals surface area contributed by atoms with E-state index in [1.165, 1.54) is 32.8 Å². The number of hydrogen-bond donors (Lipinski definition) is 0. The molecular formula is C51H34N4. The Morgan fingerprint density at radius 2 is 0.745 bits per heavy atom. The Labute approximate surface area is 319 Å². The molecule has 0 fully saturated rings. The van der Waals surface area contributed by atoms with Gasteiger partial charge in [-0.15, -0.1) is 0 Å². The van der Waals surface area contributed by atoms with Gasteiger partial charge in [-0.1, -0.05) is 170 Å². The zero-order valence-corrected chi connectivity index (χ0v) is 29.9. The molecule has 0 unspecified atom stereocenters. The number of hydrogen-bond acceptors (Lipinski definition) is 3. The molecule has 55 heavy (non-hydrogen) atoms. The number of para-hydroxylation sites is 1. The van der Waals surface area contributed by atoms with Crippen molar-refractivity contribution in [3.05, 3.63) is 206 Å². The standard InChI is InChI=1S/C51H34N4/c1-4-16-36(17-5-1)49-52-50(37-18-6-2-7-19-37)54-51(53-49)43-25-14-23-41(33-43)39-21-12-20-38(31-39)40-22-13-24-42(32-40)47-34-55(44-26-8-3-9-27-44)48-45-28-11-10-15-35(45)29-30-46(47)48/h1-34H. The molecule has 0 radical (unpaired) electrons. The molecule has 0 spiro atoms. The molecule has 10 aromatic rings. The molecule has 0 saturated heterocycles. The average Bonchev–Trinajstić information content (AvgIpc) is 3.68. The van der Waals surface area contributed by atoms with Crippen LogP contribution in [0, 0.1) is 0 Å². The summed E-state index contributed by atoms with van der Waals surface area (Å²) in [6.45, 7) is 0. The van der Waals surface area contributed by atoms with Crippen molar-refractivity contribution in [1.82, 2.24) is 19.5 Å². The third-order valence-electron chi connectivity index (χ3n) is 10.2. The topological polar surface area (TPSA) is 43.6 Å². The lowest BCUT2D eigenvalue weighted by atomic mass is 9.95. The minimum atomic E-state index is 0.640. The van der Waals surface area contributed by atoms with E-state index in [1.807, 2.05) is 60.7 Å². The number of benzene rings is 8. The van der Waals surface area contributed by atoms with Crippen molar-refractivity contribution in [3.8, 4) is 73.2 Å². The van der Waals surface area contributed by atoms with Crippen LogP contribution in [0.25, 0.3) is 94.9 Å². The summed E-state index contributed by atoms with van der Waals surface area (Å²) in [6.07, 6.45) is 2.29. The summed E-state index contributed by atoms with van der Waals surface area (Å²) < 4.78 is 2.34. The maximum atomic E-state index is 4.97. The smallest absolute Gasteiger partial charge is 0.164 e. The van der Waals surface area contributed by atoms with Crippen LogP contribution < -0.4 is 0 Å². The lowest BCUT2D eigenvalue weighted by Gasteiger charge is -2.11. The molecule has 4 heteroatoms. The summed E-state index contributed by atoms with van der Waals surface area (Å²) in [4.78, 5) is 14.8. The average molecular weight is 703 g/mol. The van der Waals surface area contributed by atoms with Gasteiger partial charge in [0.15, 0.2) is 17.5 Å². The fraction of sp³-hybridized carbons (Fsp3) is 0. The SMILES string of the molecule is c1ccc(-c2nc(-c3ccccc3)nc(-c3cccc(-c4cccc(-c5cccc(-c6cn(-c7ccccc7)c7c6ccc6ccccc67)c5)c4)c3)n2)cc1. The largest absolute Gasteiger partial charge is 0.315 e. The van der Waals surface area contributed by atoms with Crippen LogP contribution in [0.2, 0.25) is 0 Å². The second-order valence-corrected chi connectivity index (χ2v) is 13.7. The molecule has 0 aliphatic rings. The maximum absolute atomic E-state index is 4.97. The van der Waals surface area contributed by atoms with Crippen molar-refractivity contribution in [2.24, 2.45) is 0 Å². The summed E-state index contributed by atoms with van der Waals surface area (Å²) in [5.74, 6) is 1.94. The summed E-state index contributed by atoms with van der Waals surface area (Å²) in [6, 6.07) is 70.1. The second kappa shape index (κ2) is 13.8. The highest BCUT2D eigenvalue weighted by Crippen LogP contribution is 2.39. The van der Waals surface area contributed by atoms with Crippen molar-refractivity contribution < 1.29 is 0 Å². The highest BCUT2D eigenvalue weighted by Gasteiger charge is 2.16. The summed E-state index contributed by atoms with van der Waals surface area (Å²) >= 11 is 0. The predicted molar refractivity (Wildman–Crippen MR) is 227 cm³/mol. The Bertz CT molecular complexity index is 2910. The van der Waals surface area contributed by atoms with Crippen molar-refractivity contribution in [2.45, 2.75) is 0 Å². The Kier molecular flexibility index (Phi) is 8.12. The third kappa shape index (κ3) is 6.16. The summed E-state index contributed by atoms with van der Waals surface area (Å²) in [7, 11) is 0. The molecule has 8 aromatic carbocycles. The lowest BCUT2D eigenvalue weighted by Crippen LogP contribution is -2.00. The van der Waals surface area contributed by atoms with Crippen molar-refractivity contribution >= 4 is 21.7 Å². The molecule has 2 heterocycles. The van der Waals surface area contributed by atoms with Gasteiger partial charge in [0.25, 0.3) is 0 Å². The maximum Gasteiger partial charge on any atom is 0.164 e. The van der Waals surface area contributed by atoms with Gasteiger partial charge in [-0.25, -0.2) is 15.0 Å². The number of fused-ring (bicyclic) bond motifs is 3. The molecule has 0 N–H and O–H groups in total. The molecule has 4 nitrogen and oxygen atoms in total. The first-order valence-corrected chi connectivity index (χ1v) is 18.5. The van der Waals surface area contributed by atoms with E-state index >= 15 is 0 Å². The van der Waals surface area contributed by atoms with Gasteiger partial charge >= 0.3 is 0 Å². The van der Waals surface area contributed by atoms with Gasteiger partial charge in [0.2, 0.25) is 0 Å². The van der Waals surface area contributed by atoms with Gasteiger partial charge in [0, 0.05) is 44.9 Å². The fourth-order valence-corrected chi connectivity index (χ4v) is 7.54. The molecule has 2 aromatic heterocycles. The Morgan fingerprint density at radius 3 is 1.35 bits per heavy atom. The molecule has 10 rings (SSSR count). The van der Waals surface area contributed by atoms with Crippen LogP contribution in [-0.2, 0) is 0 Å². The molecule has 258 valence electrons. The first kappa shape index (κ1) is 32.2. The highest BCUT2D eigenvalue weighted by molar-refractivity contribution is 6.12. The van der Waals surface area contributed by atoms with E-state index in [-0.39, 0.29) is 0 Å². The Morgan fingerprint density at radius 1 is 0.309 bits per heavy atom. The van der Waals surface area contributed by atoms with Gasteiger partial charge in [-0.2, -0.15) is 0 Å². The number of nitrogens with zero attached hydrogens (tertiary/aromatic N) is 4. The molecule has 0 amide bonds. The van der Waals surface area contributed by atoms with E-state index in [0.717, 1.165) is 44.6 Å². The van der Waals surface area contributed by atoms with E-state index < -0.39 is 0 Å². The van der Waals surface area contributed by atoms with Crippen LogP contribution in [0.4, 0.5) is 0 Å². The molecule has 0 saturated carbocycles. The van der Waals surface area contributed by atoms with Crippen LogP contribution in [0.3, 0.4) is 0 Å². The Hall–Kier alpha value is -7.43. The van der Waals surface area contributed by atoms with Gasteiger partial charge in [0.1, 0.15) is 0 Å². The predicted octanol–water partition coefficient (Wildman–Crippen LogP) is 13.0. The van der Waals surface area contributed by atoms with Gasteiger partial charge in [-0.05, 0) is 63.5 Å². The van der Waals surface area contributed by atoms with E-state index in [0.29, 0.717) is 17.5 Å². The number of aromatic nitrogens is 4. The molecule has 0 bridgehead atoms. The minimum absolute atomic E-state index is 0.640. The van der Waals surface area contributed by atoms with Crippen molar-refractivity contribution in [1.29, 1.82) is 0 Å². The van der Waals surface area contributed by atoms with Crippen LogP contribution in [-0.4, -0.2) is 19.5 Å². The summed E-state index contributed by atoms with van der Waals surface area (Å²) in [5.41, 5.74) is 12.1. The van der Waals surface area contributed by atoms with Crippen LogP contribution >= 0.6 is 0 Å². The molecule has 0 atom stereocenters. The van der Waals surface area contributed by atoms with Crippen LogP contribution in [0.1, 0.15) is 0 Å². The monoisotopic (exact) mass is 702 g/mol. The van der Waals surface area contributed by atoms with E-state index in [4.69, 9.17) is 15.0 Å². The van der Waals surface area contributed by atoms with E-state index in [2.05, 4.69) is 150 Å². The first-order chi connectivity index (χ1) is 27.2. The zero-order valence-electron chi connectivity index (χ0n) is 29.9. The quantitative estimate of drug-likeness (QED) is 0.166. The van der Waals surface area contributed by atoms with Crippen molar-refractivity contribution in [2.75, 3.05) is 0 Å². The lowest BCUT2D eigenvalue weighted by molar-refractivity contribution is 1.07. The van der Waals surface area contributed by atoms with Crippen molar-refractivity contribution in [3.63, 3.8) is 0 Å². The van der Waals surface area contributed by atoms with Crippen LogP contribution in [0.5, 0.6) is 0 Å². The number of rotatable bonds is 7. The van der Waals surface area contributed by atoms with Gasteiger partial charge in [0.05, 0.1) is 5.52 Å². The normalized spacial score (nSPS) is 11.3. The Balaban J connectivity index is 1.04. The third-order valence-corrected chi connectivity index (χ3v) is 10.2. The fourth-order valence-electron chi connectivity index (χ4n) is 7.54. The van der Waals surface area contributed by atoms with E-state index in [1.54, 1.807) is 0 Å². The second-order valence-electron chi connectivity index (χ2n) is 13.7. The summed E-state index contributed by atoms with van der Waals surface area (Å²) in [5, 5.41) is 3.70. The zero-order chi connectivity index (χ0) is 36.6. The molecule has 0 aliphatic carbocycles. The van der Waals surface area contributed by atoms with Gasteiger partial charge in [-0.3, -0.25) is 0 Å².